The topological polar surface area (TPSA) is 64.1 Å². The van der Waals surface area contributed by atoms with Crippen molar-refractivity contribution in [3.8, 4) is 11.6 Å². The number of pyridine rings is 1. The maximum absolute atomic E-state index is 12.2. The molecule has 2 heterocycles. The second-order valence-electron chi connectivity index (χ2n) is 12.8. The second kappa shape index (κ2) is 23.9. The van der Waals surface area contributed by atoms with E-state index in [0.717, 1.165) is 113 Å². The van der Waals surface area contributed by atoms with Gasteiger partial charge in [0.15, 0.2) is 0 Å². The number of carbonyl (C=O) groups excluding carboxylic acids is 1. The summed E-state index contributed by atoms with van der Waals surface area (Å²) in [5, 5.41) is 2.22. The lowest BCUT2D eigenvalue weighted by Gasteiger charge is -2.36. The number of halogens is 2. The SMILES string of the molecule is CC/C=C\C/C=C\C/C=C\CCCCCCCC(=O)OCOc1ccc2ccc(OCCCCN3CCN(c4cccc(Cl)c4Cl)CC3)cc2n1. The molecular formula is C42H55Cl2N3O4. The van der Waals surface area contributed by atoms with Crippen LogP contribution in [0.4, 0.5) is 5.69 Å². The van der Waals surface area contributed by atoms with E-state index in [9.17, 15) is 4.79 Å². The van der Waals surface area contributed by atoms with Crippen molar-refractivity contribution in [2.24, 2.45) is 0 Å². The Morgan fingerprint density at radius 2 is 1.55 bits per heavy atom. The van der Waals surface area contributed by atoms with Crippen LogP contribution in [-0.4, -0.2) is 62.0 Å². The fourth-order valence-electron chi connectivity index (χ4n) is 5.94. The van der Waals surface area contributed by atoms with Crippen LogP contribution < -0.4 is 14.4 Å². The summed E-state index contributed by atoms with van der Waals surface area (Å²) >= 11 is 12.6. The molecule has 1 aromatic heterocycles. The number of ether oxygens (including phenoxy) is 3. The molecule has 0 unspecified atom stereocenters. The van der Waals surface area contributed by atoms with E-state index >= 15 is 0 Å². The zero-order valence-corrected chi connectivity index (χ0v) is 31.8. The second-order valence-corrected chi connectivity index (χ2v) is 13.6. The molecule has 0 saturated carbocycles. The van der Waals surface area contributed by atoms with Crippen LogP contribution in [0, 0.1) is 0 Å². The largest absolute Gasteiger partial charge is 0.494 e. The molecule has 1 fully saturated rings. The molecule has 7 nitrogen and oxygen atoms in total. The number of unbranched alkanes of at least 4 members (excludes halogenated alkanes) is 6. The Morgan fingerprint density at radius 1 is 0.804 bits per heavy atom. The lowest BCUT2D eigenvalue weighted by atomic mass is 10.1. The molecule has 51 heavy (non-hydrogen) atoms. The highest BCUT2D eigenvalue weighted by atomic mass is 35.5. The summed E-state index contributed by atoms with van der Waals surface area (Å²) in [5.74, 6) is 0.956. The number of anilines is 1. The van der Waals surface area contributed by atoms with Gasteiger partial charge in [0.25, 0.3) is 0 Å². The van der Waals surface area contributed by atoms with Crippen molar-refractivity contribution in [3.05, 3.63) is 95.0 Å². The highest BCUT2D eigenvalue weighted by Gasteiger charge is 2.19. The lowest BCUT2D eigenvalue weighted by Crippen LogP contribution is -2.46. The number of piperazine rings is 1. The highest BCUT2D eigenvalue weighted by molar-refractivity contribution is 6.43. The number of hydrogen-bond donors (Lipinski definition) is 0. The monoisotopic (exact) mass is 735 g/mol. The number of hydrogen-bond acceptors (Lipinski definition) is 7. The number of esters is 1. The summed E-state index contributed by atoms with van der Waals surface area (Å²) in [6.45, 7) is 7.56. The number of rotatable bonds is 23. The van der Waals surface area contributed by atoms with Crippen LogP contribution >= 0.6 is 23.2 Å². The minimum absolute atomic E-state index is 0.145. The van der Waals surface area contributed by atoms with E-state index in [1.165, 1.54) is 12.8 Å². The number of nitrogens with zero attached hydrogens (tertiary/aromatic N) is 3. The van der Waals surface area contributed by atoms with Crippen molar-refractivity contribution in [2.75, 3.05) is 51.0 Å². The van der Waals surface area contributed by atoms with Crippen LogP contribution in [0.3, 0.4) is 0 Å². The molecule has 276 valence electrons. The third-order valence-electron chi connectivity index (χ3n) is 8.88. The van der Waals surface area contributed by atoms with Crippen molar-refractivity contribution in [1.82, 2.24) is 9.88 Å². The van der Waals surface area contributed by atoms with Crippen molar-refractivity contribution in [3.63, 3.8) is 0 Å². The Morgan fingerprint density at radius 3 is 2.37 bits per heavy atom. The molecule has 1 aliphatic rings. The summed E-state index contributed by atoms with van der Waals surface area (Å²) in [6.07, 6.45) is 25.4. The molecule has 0 bridgehead atoms. The van der Waals surface area contributed by atoms with Crippen molar-refractivity contribution < 1.29 is 19.0 Å². The van der Waals surface area contributed by atoms with Crippen LogP contribution in [0.15, 0.2) is 85.0 Å². The molecule has 9 heteroatoms. The van der Waals surface area contributed by atoms with E-state index in [1.807, 2.05) is 42.5 Å². The maximum Gasteiger partial charge on any atom is 0.308 e. The van der Waals surface area contributed by atoms with Crippen LogP contribution in [0.2, 0.25) is 10.0 Å². The molecule has 1 aliphatic heterocycles. The summed E-state index contributed by atoms with van der Waals surface area (Å²) < 4.78 is 17.0. The number of allylic oxidation sites excluding steroid dienone is 6. The van der Waals surface area contributed by atoms with Gasteiger partial charge in [-0.15, -0.1) is 0 Å². The van der Waals surface area contributed by atoms with Gasteiger partial charge in [-0.05, 0) is 88.2 Å². The molecule has 0 radical (unpaired) electrons. The fourth-order valence-corrected chi connectivity index (χ4v) is 6.36. The summed E-state index contributed by atoms with van der Waals surface area (Å²) in [4.78, 5) is 21.6. The van der Waals surface area contributed by atoms with Crippen LogP contribution in [0.1, 0.15) is 84.0 Å². The van der Waals surface area contributed by atoms with E-state index in [4.69, 9.17) is 37.4 Å². The Bertz CT molecular complexity index is 1550. The van der Waals surface area contributed by atoms with Gasteiger partial charge in [0.2, 0.25) is 12.7 Å². The van der Waals surface area contributed by atoms with Gasteiger partial charge in [-0.1, -0.05) is 91.9 Å². The first-order valence-electron chi connectivity index (χ1n) is 18.7. The summed E-state index contributed by atoms with van der Waals surface area (Å²) in [7, 11) is 0. The Hall–Kier alpha value is -3.52. The minimum Gasteiger partial charge on any atom is -0.494 e. The van der Waals surface area contributed by atoms with Crippen molar-refractivity contribution in [1.29, 1.82) is 0 Å². The zero-order chi connectivity index (χ0) is 35.9. The van der Waals surface area contributed by atoms with E-state index < -0.39 is 0 Å². The van der Waals surface area contributed by atoms with Crippen LogP contribution in [0.5, 0.6) is 11.6 Å². The zero-order valence-electron chi connectivity index (χ0n) is 30.2. The Labute approximate surface area is 315 Å². The number of carbonyl (C=O) groups is 1. The van der Waals surface area contributed by atoms with E-state index in [2.05, 4.69) is 58.2 Å². The van der Waals surface area contributed by atoms with Crippen LogP contribution in [0.25, 0.3) is 10.9 Å². The van der Waals surface area contributed by atoms with Gasteiger partial charge < -0.3 is 19.1 Å². The van der Waals surface area contributed by atoms with E-state index in [0.29, 0.717) is 29.0 Å². The molecule has 1 saturated heterocycles. The van der Waals surface area contributed by atoms with Crippen LogP contribution in [-0.2, 0) is 9.53 Å². The molecule has 0 atom stereocenters. The van der Waals surface area contributed by atoms with E-state index in [-0.39, 0.29) is 12.8 Å². The smallest absolute Gasteiger partial charge is 0.308 e. The molecule has 3 aromatic rings. The first-order chi connectivity index (χ1) is 25.0. The van der Waals surface area contributed by atoms with Gasteiger partial charge in [0.1, 0.15) is 5.75 Å². The standard InChI is InChI=1S/C42H55Cl2N3O4/c1-2-3-4-5-6-7-8-9-10-11-12-13-14-15-16-22-41(48)51-34-50-40-26-24-35-23-25-36(33-38(35)45-40)49-32-18-17-27-46-28-30-47(31-29-46)39-21-19-20-37(43)42(39)44/h3-4,6-7,9-10,19-21,23-26,33H,2,5,8,11-18,22,27-32,34H2,1H3/b4-3-,7-6-,10-9-. The van der Waals surface area contributed by atoms with Gasteiger partial charge in [0.05, 0.1) is 27.9 Å². The average Bonchev–Trinajstić information content (AvgIpc) is 3.14. The van der Waals surface area contributed by atoms with Gasteiger partial charge in [-0.3, -0.25) is 9.69 Å². The van der Waals surface area contributed by atoms with Gasteiger partial charge >= 0.3 is 5.97 Å². The predicted molar refractivity (Wildman–Crippen MR) is 212 cm³/mol. The molecular weight excluding hydrogens is 681 g/mol. The Balaban J connectivity index is 1.02. The lowest BCUT2D eigenvalue weighted by molar-refractivity contribution is -0.150. The quantitative estimate of drug-likeness (QED) is 0.0416. The molecule has 0 amide bonds. The minimum atomic E-state index is -0.239. The normalized spacial score (nSPS) is 14.0. The third-order valence-corrected chi connectivity index (χ3v) is 9.69. The number of benzene rings is 2. The summed E-state index contributed by atoms with van der Waals surface area (Å²) in [5.41, 5.74) is 1.79. The predicted octanol–water partition coefficient (Wildman–Crippen LogP) is 11.0. The molecule has 2 aromatic carbocycles. The third kappa shape index (κ3) is 15.3. The fraction of sp³-hybridized carbons (Fsp3) is 0.476. The average molecular weight is 737 g/mol. The molecule has 0 aliphatic carbocycles. The van der Waals surface area contributed by atoms with Gasteiger partial charge in [0, 0.05) is 50.1 Å². The van der Waals surface area contributed by atoms with Crippen molar-refractivity contribution in [2.45, 2.75) is 84.0 Å². The highest BCUT2D eigenvalue weighted by Crippen LogP contribution is 2.33. The van der Waals surface area contributed by atoms with Crippen molar-refractivity contribution >= 4 is 45.8 Å². The number of fused-ring (bicyclic) bond motifs is 1. The Kier molecular flexibility index (Phi) is 18.8. The number of aromatic nitrogens is 1. The van der Waals surface area contributed by atoms with E-state index in [1.54, 1.807) is 6.07 Å². The van der Waals surface area contributed by atoms with Gasteiger partial charge in [-0.25, -0.2) is 4.98 Å². The van der Waals surface area contributed by atoms with Gasteiger partial charge in [-0.2, -0.15) is 0 Å². The molecule has 0 N–H and O–H groups in total. The molecule has 0 spiro atoms. The maximum atomic E-state index is 12.2. The summed E-state index contributed by atoms with van der Waals surface area (Å²) in [6, 6.07) is 15.4. The molecule has 4 rings (SSSR count). The first-order valence-corrected chi connectivity index (χ1v) is 19.5. The first kappa shape index (κ1) is 40.3.